The molecule has 0 unspecified atom stereocenters. The Labute approximate surface area is 78.9 Å². The van der Waals surface area contributed by atoms with Crippen LogP contribution >= 0.6 is 0 Å². The van der Waals surface area contributed by atoms with Gasteiger partial charge in [-0.05, 0) is 12.8 Å². The van der Waals surface area contributed by atoms with Crippen molar-refractivity contribution in [2.45, 2.75) is 33.6 Å². The Kier molecular flexibility index (Phi) is 12.5. The van der Waals surface area contributed by atoms with E-state index in [0.29, 0.717) is 13.2 Å². The fraction of sp³-hybridized carbons (Fsp3) is 0.778. The van der Waals surface area contributed by atoms with E-state index in [4.69, 9.17) is 5.11 Å². The summed E-state index contributed by atoms with van der Waals surface area (Å²) in [5, 5.41) is 7.88. The van der Waals surface area contributed by atoms with E-state index in [-0.39, 0.29) is 0 Å². The summed E-state index contributed by atoms with van der Waals surface area (Å²) in [6, 6.07) is 0. The Morgan fingerprint density at radius 3 is 1.92 bits per heavy atom. The van der Waals surface area contributed by atoms with Gasteiger partial charge in [-0.15, -0.1) is 0 Å². The normalized spacial score (nSPS) is 8.31. The SMILES string of the molecule is CCCO.CCCOC(=O)C(C)=O. The largest absolute Gasteiger partial charge is 0.460 e. The van der Waals surface area contributed by atoms with Gasteiger partial charge < -0.3 is 9.84 Å². The number of hydrogen-bond acceptors (Lipinski definition) is 4. The quantitative estimate of drug-likeness (QED) is 0.529. The van der Waals surface area contributed by atoms with Gasteiger partial charge in [0, 0.05) is 13.5 Å². The van der Waals surface area contributed by atoms with Gasteiger partial charge in [0.15, 0.2) is 0 Å². The Morgan fingerprint density at radius 1 is 1.23 bits per heavy atom. The van der Waals surface area contributed by atoms with Gasteiger partial charge >= 0.3 is 5.97 Å². The van der Waals surface area contributed by atoms with Gasteiger partial charge in [0.05, 0.1) is 6.61 Å². The van der Waals surface area contributed by atoms with Crippen LogP contribution in [0.3, 0.4) is 0 Å². The average molecular weight is 190 g/mol. The zero-order valence-corrected chi connectivity index (χ0v) is 8.50. The van der Waals surface area contributed by atoms with Crippen LogP contribution in [0.25, 0.3) is 0 Å². The van der Waals surface area contributed by atoms with Crippen LogP contribution in [0.15, 0.2) is 0 Å². The lowest BCUT2D eigenvalue weighted by Crippen LogP contribution is -2.13. The fourth-order valence-electron chi connectivity index (χ4n) is 0.296. The van der Waals surface area contributed by atoms with E-state index >= 15 is 0 Å². The molecule has 0 heterocycles. The van der Waals surface area contributed by atoms with Crippen LogP contribution in [0.5, 0.6) is 0 Å². The Bertz CT molecular complexity index is 141. The molecular weight excluding hydrogens is 172 g/mol. The molecule has 1 N–H and O–H groups in total. The van der Waals surface area contributed by atoms with E-state index in [2.05, 4.69) is 4.74 Å². The number of carbonyl (C=O) groups is 2. The number of Topliss-reactive ketones (excluding diaryl/α,β-unsaturated/α-hetero) is 1. The first-order valence-electron chi connectivity index (χ1n) is 4.38. The highest BCUT2D eigenvalue weighted by Gasteiger charge is 2.06. The third-order valence-electron chi connectivity index (χ3n) is 0.948. The lowest BCUT2D eigenvalue weighted by atomic mass is 10.4. The molecule has 13 heavy (non-hydrogen) atoms. The van der Waals surface area contributed by atoms with Crippen LogP contribution in [-0.2, 0) is 14.3 Å². The third kappa shape index (κ3) is 14.0. The maximum Gasteiger partial charge on any atom is 0.374 e. The van der Waals surface area contributed by atoms with Crippen molar-refractivity contribution >= 4 is 11.8 Å². The van der Waals surface area contributed by atoms with Gasteiger partial charge in [-0.2, -0.15) is 0 Å². The van der Waals surface area contributed by atoms with Crippen molar-refractivity contribution in [1.29, 1.82) is 0 Å². The number of carbonyl (C=O) groups excluding carboxylic acids is 2. The van der Waals surface area contributed by atoms with Crippen LogP contribution in [-0.4, -0.2) is 30.1 Å². The minimum atomic E-state index is -0.739. The molecule has 0 amide bonds. The van der Waals surface area contributed by atoms with Crippen molar-refractivity contribution in [1.82, 2.24) is 0 Å². The molecule has 0 atom stereocenters. The van der Waals surface area contributed by atoms with Crippen LogP contribution in [0.4, 0.5) is 0 Å². The number of aliphatic hydroxyl groups is 1. The van der Waals surface area contributed by atoms with Crippen molar-refractivity contribution in [2.75, 3.05) is 13.2 Å². The van der Waals surface area contributed by atoms with Crippen LogP contribution in [0.1, 0.15) is 33.6 Å². The Morgan fingerprint density at radius 2 is 1.69 bits per heavy atom. The van der Waals surface area contributed by atoms with Crippen molar-refractivity contribution in [3.63, 3.8) is 0 Å². The van der Waals surface area contributed by atoms with E-state index in [9.17, 15) is 9.59 Å². The van der Waals surface area contributed by atoms with Gasteiger partial charge in [0.25, 0.3) is 0 Å². The van der Waals surface area contributed by atoms with E-state index in [1.807, 2.05) is 13.8 Å². The molecular formula is C9H18O4. The van der Waals surface area contributed by atoms with E-state index in [0.717, 1.165) is 12.8 Å². The minimum Gasteiger partial charge on any atom is -0.460 e. The van der Waals surface area contributed by atoms with Gasteiger partial charge in [0.1, 0.15) is 0 Å². The molecule has 4 heteroatoms. The van der Waals surface area contributed by atoms with E-state index in [1.54, 1.807) is 0 Å². The lowest BCUT2D eigenvalue weighted by molar-refractivity contribution is -0.152. The second-order valence-corrected chi connectivity index (χ2v) is 2.42. The predicted molar refractivity (Wildman–Crippen MR) is 49.3 cm³/mol. The molecule has 0 saturated carbocycles. The standard InChI is InChI=1S/C6H10O3.C3H8O/c1-3-4-9-6(8)5(2)7;1-2-3-4/h3-4H2,1-2H3;4H,2-3H2,1H3. The first-order chi connectivity index (χ1) is 6.09. The van der Waals surface area contributed by atoms with Crippen molar-refractivity contribution in [2.24, 2.45) is 0 Å². The molecule has 0 aromatic heterocycles. The molecule has 0 aromatic rings. The minimum absolute atomic E-state index is 0.319. The van der Waals surface area contributed by atoms with Crippen molar-refractivity contribution in [3.8, 4) is 0 Å². The third-order valence-corrected chi connectivity index (χ3v) is 0.948. The first kappa shape index (κ1) is 14.6. The van der Waals surface area contributed by atoms with Crippen LogP contribution in [0, 0.1) is 0 Å². The van der Waals surface area contributed by atoms with Gasteiger partial charge in [-0.3, -0.25) is 4.79 Å². The highest BCUT2D eigenvalue weighted by atomic mass is 16.5. The summed E-state index contributed by atoms with van der Waals surface area (Å²) in [6.45, 7) is 5.64. The van der Waals surface area contributed by atoms with Crippen molar-refractivity contribution in [3.05, 3.63) is 0 Å². The molecule has 0 rings (SSSR count). The molecule has 0 aliphatic rings. The predicted octanol–water partition coefficient (Wildman–Crippen LogP) is 0.917. The smallest absolute Gasteiger partial charge is 0.374 e. The lowest BCUT2D eigenvalue weighted by Gasteiger charge is -1.96. The number of hydrogen-bond donors (Lipinski definition) is 1. The van der Waals surface area contributed by atoms with E-state index < -0.39 is 11.8 Å². The number of esters is 1. The summed E-state index contributed by atoms with van der Waals surface area (Å²) in [7, 11) is 0. The summed E-state index contributed by atoms with van der Waals surface area (Å²) in [5.41, 5.74) is 0. The summed E-state index contributed by atoms with van der Waals surface area (Å²) >= 11 is 0. The maximum absolute atomic E-state index is 10.3. The Balaban J connectivity index is 0. The van der Waals surface area contributed by atoms with Crippen LogP contribution < -0.4 is 0 Å². The highest BCUT2D eigenvalue weighted by Crippen LogP contribution is 1.82. The topological polar surface area (TPSA) is 63.6 Å². The van der Waals surface area contributed by atoms with E-state index in [1.165, 1.54) is 6.92 Å². The van der Waals surface area contributed by atoms with Gasteiger partial charge in [-0.1, -0.05) is 13.8 Å². The zero-order valence-electron chi connectivity index (χ0n) is 8.50. The summed E-state index contributed by atoms with van der Waals surface area (Å²) in [5.74, 6) is -1.28. The second-order valence-electron chi connectivity index (χ2n) is 2.42. The molecule has 4 nitrogen and oxygen atoms in total. The molecule has 0 saturated heterocycles. The maximum atomic E-state index is 10.3. The number of ketones is 1. The number of rotatable bonds is 4. The van der Waals surface area contributed by atoms with Crippen LogP contribution in [0.2, 0.25) is 0 Å². The average Bonchev–Trinajstić information content (AvgIpc) is 2.14. The Hall–Kier alpha value is -0.900. The summed E-state index contributed by atoms with van der Waals surface area (Å²) in [4.78, 5) is 20.5. The van der Waals surface area contributed by atoms with Crippen molar-refractivity contribution < 1.29 is 19.4 Å². The van der Waals surface area contributed by atoms with Gasteiger partial charge in [-0.25, -0.2) is 4.79 Å². The van der Waals surface area contributed by atoms with Gasteiger partial charge in [0.2, 0.25) is 5.78 Å². The first-order valence-corrected chi connectivity index (χ1v) is 4.38. The fourth-order valence-corrected chi connectivity index (χ4v) is 0.296. The molecule has 0 aliphatic carbocycles. The summed E-state index contributed by atoms with van der Waals surface area (Å²) in [6.07, 6.45) is 1.62. The number of ether oxygens (including phenoxy) is 1. The highest BCUT2D eigenvalue weighted by molar-refractivity contribution is 6.32. The molecule has 0 aliphatic heterocycles. The monoisotopic (exact) mass is 190 g/mol. The molecule has 0 fully saturated rings. The zero-order chi connectivity index (χ0) is 10.7. The molecule has 0 bridgehead atoms. The molecule has 0 spiro atoms. The molecule has 0 radical (unpaired) electrons. The molecule has 0 aromatic carbocycles. The second kappa shape index (κ2) is 11.1. The molecule has 78 valence electrons. The summed E-state index contributed by atoms with van der Waals surface area (Å²) < 4.78 is 4.46. The number of aliphatic hydroxyl groups excluding tert-OH is 1.